The van der Waals surface area contributed by atoms with Crippen LogP contribution in [0, 0.1) is 6.92 Å². The largest absolute Gasteiger partial charge is 0.507 e. The lowest BCUT2D eigenvalue weighted by Crippen LogP contribution is -1.99. The number of H-pyrrole nitrogens is 1. The average molecular weight is 348 g/mol. The van der Waals surface area contributed by atoms with Crippen LogP contribution in [-0.2, 0) is 0 Å². The number of methoxy groups -OCH3 is 1. The Hall–Kier alpha value is -3.68. The molecule has 4 aromatic rings. The van der Waals surface area contributed by atoms with Crippen molar-refractivity contribution in [2.24, 2.45) is 5.10 Å². The summed E-state index contributed by atoms with van der Waals surface area (Å²) in [6.07, 6.45) is 1.47. The van der Waals surface area contributed by atoms with Gasteiger partial charge in [-0.05, 0) is 24.6 Å². The highest BCUT2D eigenvalue weighted by atomic mass is 16.5. The van der Waals surface area contributed by atoms with Gasteiger partial charge in [0.05, 0.1) is 18.8 Å². The van der Waals surface area contributed by atoms with Gasteiger partial charge in [0.15, 0.2) is 5.65 Å². The standard InChI is InChI=1S/C18H16N6O2/c1-10-4-3-5-13-15(10)20-17-16(13)22-24-18(21-17)23-19-9-11-6-7-12(26-2)8-14(11)25/h3-9,25H,1-2H3,(H2,20,21,23,24)/b19-9+. The highest BCUT2D eigenvalue weighted by molar-refractivity contribution is 6.04. The Balaban J connectivity index is 1.59. The van der Waals surface area contributed by atoms with E-state index in [0.29, 0.717) is 22.5 Å². The third-order valence-corrected chi connectivity index (χ3v) is 4.06. The van der Waals surface area contributed by atoms with Crippen molar-refractivity contribution in [3.05, 3.63) is 47.5 Å². The van der Waals surface area contributed by atoms with Gasteiger partial charge in [-0.15, -0.1) is 10.2 Å². The molecule has 0 aliphatic carbocycles. The zero-order chi connectivity index (χ0) is 18.1. The van der Waals surface area contributed by atoms with Crippen LogP contribution in [0.4, 0.5) is 5.95 Å². The van der Waals surface area contributed by atoms with Crippen molar-refractivity contribution in [1.29, 1.82) is 0 Å². The van der Waals surface area contributed by atoms with Gasteiger partial charge in [0.1, 0.15) is 17.0 Å². The van der Waals surface area contributed by atoms with Gasteiger partial charge in [-0.3, -0.25) is 0 Å². The maximum atomic E-state index is 9.92. The summed E-state index contributed by atoms with van der Waals surface area (Å²) in [6.45, 7) is 2.02. The van der Waals surface area contributed by atoms with E-state index in [1.165, 1.54) is 19.4 Å². The number of rotatable bonds is 4. The van der Waals surface area contributed by atoms with Crippen LogP contribution in [0.15, 0.2) is 41.5 Å². The number of hydrogen-bond donors (Lipinski definition) is 3. The molecule has 0 aliphatic rings. The van der Waals surface area contributed by atoms with Crippen molar-refractivity contribution >= 4 is 34.2 Å². The monoisotopic (exact) mass is 348 g/mol. The summed E-state index contributed by atoms with van der Waals surface area (Å²) < 4.78 is 5.05. The molecule has 0 aliphatic heterocycles. The van der Waals surface area contributed by atoms with Gasteiger partial charge in [-0.25, -0.2) is 5.43 Å². The number of ether oxygens (including phenoxy) is 1. The lowest BCUT2D eigenvalue weighted by atomic mass is 10.1. The van der Waals surface area contributed by atoms with Crippen LogP contribution < -0.4 is 10.2 Å². The molecule has 0 spiro atoms. The molecule has 8 heteroatoms. The van der Waals surface area contributed by atoms with Crippen molar-refractivity contribution < 1.29 is 9.84 Å². The lowest BCUT2D eigenvalue weighted by molar-refractivity contribution is 0.407. The highest BCUT2D eigenvalue weighted by Crippen LogP contribution is 2.25. The van der Waals surface area contributed by atoms with Crippen molar-refractivity contribution in [2.45, 2.75) is 6.92 Å². The Labute approximate surface area is 148 Å². The molecule has 4 rings (SSSR count). The van der Waals surface area contributed by atoms with Crippen LogP contribution in [0.25, 0.3) is 22.1 Å². The topological polar surface area (TPSA) is 108 Å². The van der Waals surface area contributed by atoms with Crippen molar-refractivity contribution in [3.63, 3.8) is 0 Å². The van der Waals surface area contributed by atoms with Crippen LogP contribution in [0.5, 0.6) is 11.5 Å². The molecule has 2 aromatic heterocycles. The fraction of sp³-hybridized carbons (Fsp3) is 0.111. The zero-order valence-corrected chi connectivity index (χ0v) is 14.2. The Morgan fingerprint density at radius 3 is 2.92 bits per heavy atom. The zero-order valence-electron chi connectivity index (χ0n) is 14.2. The molecule has 0 amide bonds. The number of anilines is 1. The van der Waals surface area contributed by atoms with E-state index in [-0.39, 0.29) is 11.7 Å². The number of hydrogen-bond acceptors (Lipinski definition) is 7. The number of nitrogens with zero attached hydrogens (tertiary/aromatic N) is 4. The molecule has 2 heterocycles. The summed E-state index contributed by atoms with van der Waals surface area (Å²) in [5.41, 5.74) is 6.71. The molecule has 2 aromatic carbocycles. The van der Waals surface area contributed by atoms with Crippen LogP contribution in [-0.4, -0.2) is 38.6 Å². The Morgan fingerprint density at radius 1 is 1.23 bits per heavy atom. The number of aryl methyl sites for hydroxylation is 1. The Kier molecular flexibility index (Phi) is 3.85. The fourth-order valence-corrected chi connectivity index (χ4v) is 2.71. The van der Waals surface area contributed by atoms with E-state index < -0.39 is 0 Å². The van der Waals surface area contributed by atoms with Gasteiger partial charge in [0, 0.05) is 17.0 Å². The van der Waals surface area contributed by atoms with Crippen molar-refractivity contribution in [2.75, 3.05) is 12.5 Å². The second kappa shape index (κ2) is 6.32. The molecule has 8 nitrogen and oxygen atoms in total. The molecule has 3 N–H and O–H groups in total. The van der Waals surface area contributed by atoms with E-state index in [2.05, 4.69) is 30.7 Å². The third-order valence-electron chi connectivity index (χ3n) is 4.06. The smallest absolute Gasteiger partial charge is 0.265 e. The number of aromatic nitrogens is 4. The van der Waals surface area contributed by atoms with Crippen LogP contribution in [0.1, 0.15) is 11.1 Å². The van der Waals surface area contributed by atoms with Crippen LogP contribution in [0.2, 0.25) is 0 Å². The number of aromatic hydroxyl groups is 1. The Morgan fingerprint density at radius 2 is 2.12 bits per heavy atom. The molecule has 0 saturated carbocycles. The van der Waals surface area contributed by atoms with Gasteiger partial charge in [0.2, 0.25) is 0 Å². The summed E-state index contributed by atoms with van der Waals surface area (Å²) in [5, 5.41) is 23.2. The van der Waals surface area contributed by atoms with E-state index in [4.69, 9.17) is 4.74 Å². The second-order valence-corrected chi connectivity index (χ2v) is 5.75. The number of phenolic OH excluding ortho intramolecular Hbond substituents is 1. The molecule has 0 atom stereocenters. The first-order valence-corrected chi connectivity index (χ1v) is 7.93. The van der Waals surface area contributed by atoms with Gasteiger partial charge in [-0.1, -0.05) is 18.2 Å². The van der Waals surface area contributed by atoms with Crippen molar-refractivity contribution in [1.82, 2.24) is 20.2 Å². The normalized spacial score (nSPS) is 11.5. The van der Waals surface area contributed by atoms with Crippen LogP contribution >= 0.6 is 0 Å². The predicted octanol–water partition coefficient (Wildman–Crippen LogP) is 2.97. The van der Waals surface area contributed by atoms with Crippen LogP contribution in [0.3, 0.4) is 0 Å². The summed E-state index contributed by atoms with van der Waals surface area (Å²) in [6, 6.07) is 10.9. The number of phenols is 1. The van der Waals surface area contributed by atoms with Gasteiger partial charge >= 0.3 is 0 Å². The SMILES string of the molecule is COc1ccc(/C=N/Nc2nnc3c(n2)[nH]c2c(C)cccc23)c(O)c1. The Bertz CT molecular complexity index is 1140. The van der Waals surface area contributed by atoms with Gasteiger partial charge < -0.3 is 14.8 Å². The van der Waals surface area contributed by atoms with E-state index in [0.717, 1.165) is 16.5 Å². The maximum absolute atomic E-state index is 9.92. The number of nitrogens with one attached hydrogen (secondary N) is 2. The molecule has 0 radical (unpaired) electrons. The van der Waals surface area contributed by atoms with E-state index in [1.807, 2.05) is 25.1 Å². The third kappa shape index (κ3) is 2.77. The summed E-state index contributed by atoms with van der Waals surface area (Å²) in [5.74, 6) is 0.890. The van der Waals surface area contributed by atoms with Gasteiger partial charge in [0.25, 0.3) is 5.95 Å². The first-order valence-electron chi connectivity index (χ1n) is 7.93. The molecule has 0 saturated heterocycles. The van der Waals surface area contributed by atoms with E-state index in [9.17, 15) is 5.11 Å². The molecule has 26 heavy (non-hydrogen) atoms. The molecule has 0 unspecified atom stereocenters. The van der Waals surface area contributed by atoms with Crippen molar-refractivity contribution in [3.8, 4) is 11.5 Å². The molecular weight excluding hydrogens is 332 g/mol. The summed E-state index contributed by atoms with van der Waals surface area (Å²) >= 11 is 0. The maximum Gasteiger partial charge on any atom is 0.265 e. The number of para-hydroxylation sites is 1. The minimum atomic E-state index is 0.0653. The first kappa shape index (κ1) is 15.8. The average Bonchev–Trinajstić information content (AvgIpc) is 3.02. The fourth-order valence-electron chi connectivity index (χ4n) is 2.71. The molecule has 0 fully saturated rings. The minimum absolute atomic E-state index is 0.0653. The highest BCUT2D eigenvalue weighted by Gasteiger charge is 2.10. The number of benzene rings is 2. The lowest BCUT2D eigenvalue weighted by Gasteiger charge is -2.02. The van der Waals surface area contributed by atoms with E-state index in [1.54, 1.807) is 12.1 Å². The minimum Gasteiger partial charge on any atom is -0.507 e. The number of aromatic amines is 1. The molecular formula is C18H16N6O2. The molecule has 130 valence electrons. The number of fused-ring (bicyclic) bond motifs is 3. The molecule has 0 bridgehead atoms. The predicted molar refractivity (Wildman–Crippen MR) is 99.8 cm³/mol. The van der Waals surface area contributed by atoms with Gasteiger partial charge in [-0.2, -0.15) is 10.1 Å². The second-order valence-electron chi connectivity index (χ2n) is 5.75. The first-order chi connectivity index (χ1) is 12.7. The number of hydrazone groups is 1. The quantitative estimate of drug-likeness (QED) is 0.386. The summed E-state index contributed by atoms with van der Waals surface area (Å²) in [7, 11) is 1.54. The van der Waals surface area contributed by atoms with E-state index >= 15 is 0 Å². The summed E-state index contributed by atoms with van der Waals surface area (Å²) in [4.78, 5) is 7.66.